The summed E-state index contributed by atoms with van der Waals surface area (Å²) in [5.74, 6) is -0.711. The van der Waals surface area contributed by atoms with E-state index in [1.165, 1.54) is 23.1 Å². The zero-order valence-corrected chi connectivity index (χ0v) is 15.0. The Kier molecular flexibility index (Phi) is 6.19. The Morgan fingerprint density at radius 3 is 2.52 bits per heavy atom. The number of rotatable bonds is 7. The molecule has 0 amide bonds. The molecule has 0 spiro atoms. The van der Waals surface area contributed by atoms with Crippen LogP contribution in [0.1, 0.15) is 32.8 Å². The second-order valence-corrected chi connectivity index (χ2v) is 5.71. The molecule has 1 aromatic heterocycles. The Labute approximate surface area is 154 Å². The monoisotopic (exact) mass is 384 g/mol. The van der Waals surface area contributed by atoms with Gasteiger partial charge in [0.25, 0.3) is 5.69 Å². The van der Waals surface area contributed by atoms with Crippen molar-refractivity contribution in [2.45, 2.75) is 39.5 Å². The van der Waals surface area contributed by atoms with E-state index in [-0.39, 0.29) is 23.9 Å². The van der Waals surface area contributed by atoms with Crippen LogP contribution in [0.2, 0.25) is 0 Å². The van der Waals surface area contributed by atoms with E-state index in [0.29, 0.717) is 12.6 Å². The molecule has 146 valence electrons. The van der Waals surface area contributed by atoms with E-state index in [1.54, 1.807) is 26.8 Å². The number of para-hydroxylation sites is 2. The summed E-state index contributed by atoms with van der Waals surface area (Å²) in [4.78, 5) is 19.8. The summed E-state index contributed by atoms with van der Waals surface area (Å²) in [5.41, 5.74) is -1.11. The van der Waals surface area contributed by atoms with Gasteiger partial charge < -0.3 is 9.64 Å². The van der Waals surface area contributed by atoms with Gasteiger partial charge in [0.05, 0.1) is 11.0 Å². The Morgan fingerprint density at radius 1 is 1.30 bits per heavy atom. The Morgan fingerprint density at radius 2 is 1.96 bits per heavy atom. The minimum atomic E-state index is -4.68. The number of aromatic nitrogens is 2. The minimum absolute atomic E-state index is 0.113. The molecule has 2 aromatic rings. The lowest BCUT2D eigenvalue weighted by atomic mass is 10.2. The van der Waals surface area contributed by atoms with Gasteiger partial charge in [-0.3, -0.25) is 10.1 Å². The first-order valence-electron chi connectivity index (χ1n) is 8.30. The van der Waals surface area contributed by atoms with Gasteiger partial charge in [-0.25, -0.2) is 4.98 Å². The first kappa shape index (κ1) is 20.4. The van der Waals surface area contributed by atoms with Crippen LogP contribution in [0.25, 0.3) is 0 Å². The lowest BCUT2D eigenvalue weighted by molar-refractivity contribution is -0.384. The van der Waals surface area contributed by atoms with Crippen LogP contribution in [0.5, 0.6) is 5.88 Å². The van der Waals surface area contributed by atoms with Crippen molar-refractivity contribution in [3.05, 3.63) is 46.1 Å². The average molecular weight is 384 g/mol. The topological polar surface area (TPSA) is 81.4 Å². The largest absolute Gasteiger partial charge is 0.474 e. The molecule has 27 heavy (non-hydrogen) atoms. The molecule has 10 heteroatoms. The molecule has 1 atom stereocenters. The van der Waals surface area contributed by atoms with Crippen molar-refractivity contribution in [2.75, 3.05) is 11.4 Å². The Balaban J connectivity index is 2.56. The minimum Gasteiger partial charge on any atom is -0.474 e. The normalized spacial score (nSPS) is 12.5. The Hall–Kier alpha value is -2.91. The first-order valence-corrected chi connectivity index (χ1v) is 8.30. The zero-order valence-electron chi connectivity index (χ0n) is 15.0. The number of alkyl halides is 3. The van der Waals surface area contributed by atoms with Crippen molar-refractivity contribution >= 4 is 17.3 Å². The van der Waals surface area contributed by atoms with Gasteiger partial charge in [-0.05, 0) is 26.3 Å². The summed E-state index contributed by atoms with van der Waals surface area (Å²) in [7, 11) is 0. The van der Waals surface area contributed by atoms with Crippen LogP contribution in [-0.2, 0) is 6.18 Å². The molecule has 1 aromatic carbocycles. The fourth-order valence-electron chi connectivity index (χ4n) is 2.31. The smallest absolute Gasteiger partial charge is 0.423 e. The van der Waals surface area contributed by atoms with Gasteiger partial charge in [0.15, 0.2) is 0 Å². The molecule has 0 aliphatic rings. The second kappa shape index (κ2) is 8.19. The molecule has 7 nitrogen and oxygen atoms in total. The number of anilines is 2. The van der Waals surface area contributed by atoms with Crippen molar-refractivity contribution in [3.8, 4) is 5.88 Å². The van der Waals surface area contributed by atoms with E-state index < -0.39 is 28.6 Å². The predicted octanol–water partition coefficient (Wildman–Crippen LogP) is 4.74. The van der Waals surface area contributed by atoms with E-state index in [4.69, 9.17) is 4.74 Å². The number of ether oxygens (including phenoxy) is 1. The van der Waals surface area contributed by atoms with E-state index >= 15 is 0 Å². The van der Waals surface area contributed by atoms with Crippen LogP contribution >= 0.6 is 0 Å². The van der Waals surface area contributed by atoms with Crippen LogP contribution in [0, 0.1) is 10.1 Å². The molecule has 1 unspecified atom stereocenters. The quantitative estimate of drug-likeness (QED) is 0.507. The summed E-state index contributed by atoms with van der Waals surface area (Å²) < 4.78 is 45.1. The van der Waals surface area contributed by atoms with E-state index in [2.05, 4.69) is 9.97 Å². The zero-order chi connectivity index (χ0) is 20.2. The molecule has 0 fully saturated rings. The summed E-state index contributed by atoms with van der Waals surface area (Å²) >= 11 is 0. The molecular weight excluding hydrogens is 365 g/mol. The fourth-order valence-corrected chi connectivity index (χ4v) is 2.31. The number of nitro benzene ring substituents is 1. The highest BCUT2D eigenvalue weighted by molar-refractivity contribution is 5.69. The summed E-state index contributed by atoms with van der Waals surface area (Å²) in [6.07, 6.45) is -4.05. The molecule has 0 saturated carbocycles. The molecule has 0 aliphatic carbocycles. The fraction of sp³-hybridized carbons (Fsp3) is 0.412. The van der Waals surface area contributed by atoms with Gasteiger partial charge in [-0.15, -0.1) is 0 Å². The predicted molar refractivity (Wildman–Crippen MR) is 93.2 cm³/mol. The van der Waals surface area contributed by atoms with Gasteiger partial charge in [-0.1, -0.05) is 19.1 Å². The van der Waals surface area contributed by atoms with Crippen LogP contribution < -0.4 is 9.64 Å². The van der Waals surface area contributed by atoms with Gasteiger partial charge in [0, 0.05) is 18.8 Å². The summed E-state index contributed by atoms with van der Waals surface area (Å²) in [5, 5.41) is 11.3. The molecule has 0 bridgehead atoms. The van der Waals surface area contributed by atoms with Crippen molar-refractivity contribution < 1.29 is 22.8 Å². The number of hydrogen-bond acceptors (Lipinski definition) is 6. The third-order valence-corrected chi connectivity index (χ3v) is 3.86. The SMILES string of the molecule is CCC(C)Oc1nc(N(CC)c2ccccc2[N+](=O)[O-])ncc1C(F)(F)F. The van der Waals surface area contributed by atoms with Crippen LogP contribution in [0.3, 0.4) is 0 Å². The third-order valence-electron chi connectivity index (χ3n) is 3.86. The molecule has 1 heterocycles. The maximum atomic E-state index is 13.2. The van der Waals surface area contributed by atoms with Crippen molar-refractivity contribution in [2.24, 2.45) is 0 Å². The van der Waals surface area contributed by atoms with Gasteiger partial charge in [0.2, 0.25) is 11.8 Å². The lowest BCUT2D eigenvalue weighted by Gasteiger charge is -2.23. The number of nitrogens with zero attached hydrogens (tertiary/aromatic N) is 4. The highest BCUT2D eigenvalue weighted by Gasteiger charge is 2.37. The molecular formula is C17H19F3N4O3. The van der Waals surface area contributed by atoms with Crippen LogP contribution in [0.4, 0.5) is 30.5 Å². The molecule has 0 N–H and O–H groups in total. The lowest BCUT2D eigenvalue weighted by Crippen LogP contribution is -2.22. The summed E-state index contributed by atoms with van der Waals surface area (Å²) in [6, 6.07) is 5.88. The first-order chi connectivity index (χ1) is 12.7. The molecule has 2 rings (SSSR count). The van der Waals surface area contributed by atoms with Gasteiger partial charge in [-0.2, -0.15) is 18.2 Å². The maximum Gasteiger partial charge on any atom is 0.423 e. The number of halogens is 3. The van der Waals surface area contributed by atoms with Crippen molar-refractivity contribution in [1.82, 2.24) is 9.97 Å². The summed E-state index contributed by atoms with van der Waals surface area (Å²) in [6.45, 7) is 5.29. The van der Waals surface area contributed by atoms with Crippen LogP contribution in [-0.4, -0.2) is 27.5 Å². The standard InChI is InChI=1S/C17H19F3N4O3/c1-4-11(3)27-15-12(17(18,19)20)10-21-16(22-15)23(5-2)13-8-6-7-9-14(13)24(25)26/h6-11H,4-5H2,1-3H3. The second-order valence-electron chi connectivity index (χ2n) is 5.71. The highest BCUT2D eigenvalue weighted by Crippen LogP contribution is 2.38. The molecule has 0 aliphatic heterocycles. The van der Waals surface area contributed by atoms with Gasteiger partial charge in [0.1, 0.15) is 11.3 Å². The van der Waals surface area contributed by atoms with Gasteiger partial charge >= 0.3 is 6.18 Å². The van der Waals surface area contributed by atoms with E-state index in [1.807, 2.05) is 0 Å². The molecule has 0 saturated heterocycles. The average Bonchev–Trinajstić information content (AvgIpc) is 2.61. The number of benzene rings is 1. The van der Waals surface area contributed by atoms with Crippen molar-refractivity contribution in [1.29, 1.82) is 0 Å². The third kappa shape index (κ3) is 4.63. The maximum absolute atomic E-state index is 13.2. The Bertz CT molecular complexity index is 814. The van der Waals surface area contributed by atoms with Crippen molar-refractivity contribution in [3.63, 3.8) is 0 Å². The van der Waals surface area contributed by atoms with E-state index in [0.717, 1.165) is 0 Å². The highest BCUT2D eigenvalue weighted by atomic mass is 19.4. The van der Waals surface area contributed by atoms with Crippen LogP contribution in [0.15, 0.2) is 30.5 Å². The number of nitro groups is 1. The molecule has 0 radical (unpaired) electrons. The number of hydrogen-bond donors (Lipinski definition) is 0. The van der Waals surface area contributed by atoms with E-state index in [9.17, 15) is 23.3 Å².